The van der Waals surface area contributed by atoms with E-state index in [1.165, 1.54) is 12.5 Å². The minimum absolute atomic E-state index is 0.00386. The summed E-state index contributed by atoms with van der Waals surface area (Å²) in [5, 5.41) is 0. The first-order valence-corrected chi connectivity index (χ1v) is 2.51. The molecule has 0 spiro atoms. The highest BCUT2D eigenvalue weighted by Gasteiger charge is 1.70. The molecule has 0 aliphatic heterocycles. The van der Waals surface area contributed by atoms with Crippen LogP contribution in [-0.2, 0) is 9.05 Å². The average molecular weight is 118 g/mol. The summed E-state index contributed by atoms with van der Waals surface area (Å²) in [4.78, 5) is 0. The monoisotopic (exact) mass is 118 g/mol. The van der Waals surface area contributed by atoms with Gasteiger partial charge in [0.2, 0.25) is 0 Å². The van der Waals surface area contributed by atoms with E-state index in [1.54, 1.807) is 0 Å². The summed E-state index contributed by atoms with van der Waals surface area (Å²) in [7, 11) is -0.00386. The van der Waals surface area contributed by atoms with E-state index < -0.39 is 0 Å². The van der Waals surface area contributed by atoms with Gasteiger partial charge in [-0.05, 0) is 0 Å². The number of hydrogen-bond donors (Lipinski definition) is 0. The third-order valence-corrected chi connectivity index (χ3v) is 0.789. The molecule has 0 aliphatic rings. The van der Waals surface area contributed by atoms with E-state index in [4.69, 9.17) is 0 Å². The van der Waals surface area contributed by atoms with Crippen molar-refractivity contribution in [2.24, 2.45) is 0 Å². The number of hydrogen-bond acceptors (Lipinski definition) is 2. The first kappa shape index (κ1) is 6.51. The third kappa shape index (κ3) is 5.51. The molecule has 7 heavy (non-hydrogen) atoms. The molecule has 0 aromatic heterocycles. The Morgan fingerprint density at radius 1 is 1.14 bits per heavy atom. The molecule has 2 nitrogen and oxygen atoms in total. The zero-order valence-corrected chi connectivity index (χ0v) is 4.89. The van der Waals surface area contributed by atoms with Crippen LogP contribution in [0.2, 0.25) is 0 Å². The van der Waals surface area contributed by atoms with Crippen molar-refractivity contribution in [1.82, 2.24) is 0 Å². The maximum Gasteiger partial charge on any atom is 0.274 e. The molecule has 0 aliphatic carbocycles. The van der Waals surface area contributed by atoms with Crippen molar-refractivity contribution in [2.45, 2.75) is 0 Å². The molecule has 0 radical (unpaired) electrons. The molecule has 0 aromatic carbocycles. The Morgan fingerprint density at radius 2 is 1.57 bits per heavy atom. The maximum atomic E-state index is 4.57. The third-order valence-electron chi connectivity index (χ3n) is 0.263. The molecular weight excluding hydrogens is 111 g/mol. The number of rotatable bonds is 4. The highest BCUT2D eigenvalue weighted by Crippen LogP contribution is 2.12. The summed E-state index contributed by atoms with van der Waals surface area (Å²) in [6, 6.07) is 0. The van der Waals surface area contributed by atoms with Gasteiger partial charge in [-0.15, -0.1) is 0 Å². The quantitative estimate of drug-likeness (QED) is 0.318. The molecule has 0 saturated carbocycles. The highest BCUT2D eigenvalue weighted by atomic mass is 31.1. The van der Waals surface area contributed by atoms with Gasteiger partial charge in [0.05, 0.1) is 12.5 Å². The zero-order chi connectivity index (χ0) is 5.54. The van der Waals surface area contributed by atoms with Gasteiger partial charge in [0, 0.05) is 0 Å². The van der Waals surface area contributed by atoms with Crippen molar-refractivity contribution >= 4 is 9.03 Å². The van der Waals surface area contributed by atoms with Crippen LogP contribution in [0.5, 0.6) is 0 Å². The fraction of sp³-hybridized carbons (Fsp3) is 0. The Bertz CT molecular complexity index is 54.7. The Kier molecular flexibility index (Phi) is 5.12. The van der Waals surface area contributed by atoms with E-state index in [-0.39, 0.29) is 9.03 Å². The van der Waals surface area contributed by atoms with Gasteiger partial charge in [0.15, 0.2) is 0 Å². The van der Waals surface area contributed by atoms with Crippen molar-refractivity contribution in [3.8, 4) is 0 Å². The largest absolute Gasteiger partial charge is 0.449 e. The standard InChI is InChI=1S/C4H7O2P/c1-3-5-7-6-4-2/h3-4,7H,1-2H2. The van der Waals surface area contributed by atoms with E-state index in [2.05, 4.69) is 22.2 Å². The summed E-state index contributed by atoms with van der Waals surface area (Å²) < 4.78 is 9.14. The second kappa shape index (κ2) is 5.51. The molecular formula is C4H7O2P. The molecule has 0 bridgehead atoms. The molecule has 0 unspecified atom stereocenters. The van der Waals surface area contributed by atoms with E-state index in [0.29, 0.717) is 0 Å². The van der Waals surface area contributed by atoms with Gasteiger partial charge in [0.1, 0.15) is 0 Å². The van der Waals surface area contributed by atoms with Crippen LogP contribution < -0.4 is 0 Å². The molecule has 0 amide bonds. The fourth-order valence-corrected chi connectivity index (χ4v) is 0.287. The predicted octanol–water partition coefficient (Wildman–Crippen LogP) is 1.82. The van der Waals surface area contributed by atoms with Gasteiger partial charge in [-0.25, -0.2) is 0 Å². The van der Waals surface area contributed by atoms with Crippen LogP contribution in [0.25, 0.3) is 0 Å². The van der Waals surface area contributed by atoms with E-state index in [0.717, 1.165) is 0 Å². The van der Waals surface area contributed by atoms with E-state index in [9.17, 15) is 0 Å². The van der Waals surface area contributed by atoms with Crippen molar-refractivity contribution in [3.05, 3.63) is 25.7 Å². The van der Waals surface area contributed by atoms with E-state index >= 15 is 0 Å². The van der Waals surface area contributed by atoms with Crippen LogP contribution in [-0.4, -0.2) is 0 Å². The minimum Gasteiger partial charge on any atom is -0.449 e. The maximum absolute atomic E-state index is 4.57. The van der Waals surface area contributed by atoms with Gasteiger partial charge in [-0.1, -0.05) is 13.2 Å². The van der Waals surface area contributed by atoms with Crippen LogP contribution in [0.1, 0.15) is 0 Å². The first-order valence-electron chi connectivity index (χ1n) is 1.70. The molecule has 0 fully saturated rings. The zero-order valence-electron chi connectivity index (χ0n) is 3.89. The van der Waals surface area contributed by atoms with Gasteiger partial charge in [0.25, 0.3) is 9.03 Å². The van der Waals surface area contributed by atoms with Crippen molar-refractivity contribution in [1.29, 1.82) is 0 Å². The molecule has 0 rings (SSSR count). The van der Waals surface area contributed by atoms with Crippen LogP contribution in [0.15, 0.2) is 25.7 Å². The molecule has 0 heterocycles. The van der Waals surface area contributed by atoms with Gasteiger partial charge in [-0.3, -0.25) is 0 Å². The molecule has 0 saturated heterocycles. The Morgan fingerprint density at radius 3 is 1.86 bits per heavy atom. The van der Waals surface area contributed by atoms with E-state index in [1.807, 2.05) is 0 Å². The first-order chi connectivity index (χ1) is 3.41. The van der Waals surface area contributed by atoms with Crippen molar-refractivity contribution in [2.75, 3.05) is 0 Å². The SMILES string of the molecule is C=COPOC=C. The second-order valence-corrected chi connectivity index (χ2v) is 1.29. The van der Waals surface area contributed by atoms with Crippen LogP contribution in [0, 0.1) is 0 Å². The lowest BCUT2D eigenvalue weighted by atomic mass is 11.2. The van der Waals surface area contributed by atoms with Crippen LogP contribution in [0.4, 0.5) is 0 Å². The fourth-order valence-electron chi connectivity index (χ4n) is 0.0958. The van der Waals surface area contributed by atoms with Crippen LogP contribution >= 0.6 is 9.03 Å². The average Bonchev–Trinajstić information content (AvgIpc) is 1.69. The minimum atomic E-state index is -0.00386. The Hall–Kier alpha value is -0.490. The topological polar surface area (TPSA) is 18.5 Å². The smallest absolute Gasteiger partial charge is 0.274 e. The normalized spacial score (nSPS) is 6.86. The molecule has 0 atom stereocenters. The lowest BCUT2D eigenvalue weighted by Gasteiger charge is -1.93. The summed E-state index contributed by atoms with van der Waals surface area (Å²) in [6.45, 7) is 6.61. The Labute approximate surface area is 44.8 Å². The predicted molar refractivity (Wildman–Crippen MR) is 30.9 cm³/mol. The van der Waals surface area contributed by atoms with Crippen molar-refractivity contribution < 1.29 is 9.05 Å². The molecule has 40 valence electrons. The lowest BCUT2D eigenvalue weighted by molar-refractivity contribution is 0.435. The van der Waals surface area contributed by atoms with Gasteiger partial charge < -0.3 is 9.05 Å². The summed E-state index contributed by atoms with van der Waals surface area (Å²) in [6.07, 6.45) is 2.64. The highest BCUT2D eigenvalue weighted by molar-refractivity contribution is 7.26. The molecule has 3 heteroatoms. The molecule has 0 N–H and O–H groups in total. The second-order valence-electron chi connectivity index (χ2n) is 0.652. The van der Waals surface area contributed by atoms with Gasteiger partial charge >= 0.3 is 0 Å². The van der Waals surface area contributed by atoms with Crippen molar-refractivity contribution in [3.63, 3.8) is 0 Å². The summed E-state index contributed by atoms with van der Waals surface area (Å²) >= 11 is 0. The Balaban J connectivity index is 2.68. The summed E-state index contributed by atoms with van der Waals surface area (Å²) in [5.74, 6) is 0. The molecule has 0 aromatic rings. The summed E-state index contributed by atoms with van der Waals surface area (Å²) in [5.41, 5.74) is 0. The van der Waals surface area contributed by atoms with Crippen LogP contribution in [0.3, 0.4) is 0 Å². The van der Waals surface area contributed by atoms with Gasteiger partial charge in [-0.2, -0.15) is 0 Å². The lowest BCUT2D eigenvalue weighted by Crippen LogP contribution is -1.58.